The number of hydrogen-bond donors (Lipinski definition) is 0. The second kappa shape index (κ2) is 4.55. The Morgan fingerprint density at radius 3 is 2.94 bits per heavy atom. The van der Waals surface area contributed by atoms with Gasteiger partial charge in [-0.1, -0.05) is 11.6 Å². The monoisotopic (exact) mass is 231 g/mol. The quantitative estimate of drug-likeness (QED) is 0.740. The van der Waals surface area contributed by atoms with E-state index in [4.69, 9.17) is 16.9 Å². The van der Waals surface area contributed by atoms with Crippen molar-refractivity contribution >= 4 is 17.7 Å². The molecule has 0 amide bonds. The average molecular weight is 232 g/mol. The Kier molecular flexibility index (Phi) is 2.94. The first-order chi connectivity index (χ1) is 7.79. The van der Waals surface area contributed by atoms with Crippen molar-refractivity contribution in [2.45, 2.75) is 0 Å². The highest BCUT2D eigenvalue weighted by atomic mass is 35.5. The van der Waals surface area contributed by atoms with E-state index in [2.05, 4.69) is 15.3 Å². The van der Waals surface area contributed by atoms with E-state index in [1.165, 1.54) is 6.08 Å². The summed E-state index contributed by atoms with van der Waals surface area (Å²) in [4.78, 5) is 0. The lowest BCUT2D eigenvalue weighted by molar-refractivity contribution is 0.814. The second-order valence-corrected chi connectivity index (χ2v) is 3.28. The van der Waals surface area contributed by atoms with Gasteiger partial charge < -0.3 is 0 Å². The molecule has 0 aliphatic heterocycles. The fourth-order valence-electron chi connectivity index (χ4n) is 1.11. The first-order valence-corrected chi connectivity index (χ1v) is 4.78. The molecule has 78 valence electrons. The van der Waals surface area contributed by atoms with Crippen molar-refractivity contribution in [3.05, 3.63) is 41.3 Å². The number of aromatic nitrogens is 4. The lowest BCUT2D eigenvalue weighted by Gasteiger charge is -1.97. The largest absolute Gasteiger partial charge is 0.220 e. The lowest BCUT2D eigenvalue weighted by atomic mass is 10.3. The van der Waals surface area contributed by atoms with Crippen LogP contribution in [0.25, 0.3) is 11.9 Å². The van der Waals surface area contributed by atoms with Crippen LogP contribution in [0.3, 0.4) is 0 Å². The third-order valence-electron chi connectivity index (χ3n) is 1.81. The van der Waals surface area contributed by atoms with Gasteiger partial charge in [0.1, 0.15) is 0 Å². The number of rotatable bonds is 2. The molecule has 0 aliphatic carbocycles. The maximum absolute atomic E-state index is 8.38. The Morgan fingerprint density at radius 1 is 1.38 bits per heavy atom. The van der Waals surface area contributed by atoms with Crippen LogP contribution in [0.1, 0.15) is 5.56 Å². The van der Waals surface area contributed by atoms with Gasteiger partial charge in [0, 0.05) is 17.8 Å². The molecule has 0 spiro atoms. The third kappa shape index (κ3) is 2.24. The van der Waals surface area contributed by atoms with Crippen molar-refractivity contribution in [1.29, 1.82) is 5.26 Å². The third-order valence-corrected chi connectivity index (χ3v) is 2.01. The van der Waals surface area contributed by atoms with Crippen LogP contribution in [-0.2, 0) is 0 Å². The molecule has 0 unspecified atom stereocenters. The summed E-state index contributed by atoms with van der Waals surface area (Å²) >= 11 is 5.62. The van der Waals surface area contributed by atoms with E-state index in [-0.39, 0.29) is 0 Å². The highest BCUT2D eigenvalue weighted by Gasteiger charge is 2.00. The minimum Gasteiger partial charge on any atom is -0.220 e. The molecular weight excluding hydrogens is 226 g/mol. The molecule has 0 fully saturated rings. The van der Waals surface area contributed by atoms with Gasteiger partial charge in [-0.25, -0.2) is 4.68 Å². The van der Waals surface area contributed by atoms with Gasteiger partial charge in [0.15, 0.2) is 11.0 Å². The van der Waals surface area contributed by atoms with E-state index in [9.17, 15) is 0 Å². The van der Waals surface area contributed by atoms with E-state index in [0.717, 1.165) is 5.56 Å². The van der Waals surface area contributed by atoms with E-state index < -0.39 is 0 Å². The van der Waals surface area contributed by atoms with Crippen molar-refractivity contribution in [2.75, 3.05) is 0 Å². The summed E-state index contributed by atoms with van der Waals surface area (Å²) in [5, 5.41) is 20.4. The Labute approximate surface area is 96.6 Å². The van der Waals surface area contributed by atoms with Crippen LogP contribution in [-0.4, -0.2) is 20.0 Å². The van der Waals surface area contributed by atoms with Gasteiger partial charge in [-0.05, 0) is 18.2 Å². The average Bonchev–Trinajstić information content (AvgIpc) is 2.76. The summed E-state index contributed by atoms with van der Waals surface area (Å²) in [5.41, 5.74) is 0.818. The minimum absolute atomic E-state index is 0.334. The number of nitriles is 1. The molecule has 0 saturated heterocycles. The molecular formula is C10H6ClN5. The molecule has 0 N–H and O–H groups in total. The molecule has 0 saturated carbocycles. The zero-order valence-electron chi connectivity index (χ0n) is 8.08. The zero-order chi connectivity index (χ0) is 11.4. The SMILES string of the molecule is N#CC=Cc1cnn(-c2ccc(Cl)nn2)c1. The standard InChI is InChI=1S/C10H6ClN5/c11-9-3-4-10(15-14-9)16-7-8(6-13-16)2-1-5-12/h1-4,6-7H. The van der Waals surface area contributed by atoms with Crippen molar-refractivity contribution < 1.29 is 0 Å². The van der Waals surface area contributed by atoms with Crippen LogP contribution in [0.2, 0.25) is 5.15 Å². The van der Waals surface area contributed by atoms with Gasteiger partial charge in [0.05, 0.1) is 12.3 Å². The van der Waals surface area contributed by atoms with Crippen LogP contribution in [0.15, 0.2) is 30.6 Å². The van der Waals surface area contributed by atoms with Crippen molar-refractivity contribution in [3.8, 4) is 11.9 Å². The molecule has 0 bridgehead atoms. The maximum atomic E-state index is 8.38. The molecule has 2 rings (SSSR count). The fraction of sp³-hybridized carbons (Fsp3) is 0. The van der Waals surface area contributed by atoms with Gasteiger partial charge >= 0.3 is 0 Å². The van der Waals surface area contributed by atoms with Crippen molar-refractivity contribution in [2.24, 2.45) is 0 Å². The Morgan fingerprint density at radius 2 is 2.25 bits per heavy atom. The normalized spacial score (nSPS) is 10.5. The van der Waals surface area contributed by atoms with Crippen LogP contribution in [0.4, 0.5) is 0 Å². The van der Waals surface area contributed by atoms with Crippen LogP contribution < -0.4 is 0 Å². The summed E-state index contributed by atoms with van der Waals surface area (Å²) in [7, 11) is 0. The molecule has 0 atom stereocenters. The second-order valence-electron chi connectivity index (χ2n) is 2.89. The van der Waals surface area contributed by atoms with Gasteiger partial charge in [0.25, 0.3) is 0 Å². The highest BCUT2D eigenvalue weighted by Crippen LogP contribution is 2.08. The summed E-state index contributed by atoms with van der Waals surface area (Å²) in [6.45, 7) is 0. The van der Waals surface area contributed by atoms with Crippen LogP contribution in [0.5, 0.6) is 0 Å². The topological polar surface area (TPSA) is 67.4 Å². The van der Waals surface area contributed by atoms with Gasteiger partial charge in [-0.2, -0.15) is 10.4 Å². The van der Waals surface area contributed by atoms with Gasteiger partial charge in [-0.15, -0.1) is 10.2 Å². The maximum Gasteiger partial charge on any atom is 0.175 e. The van der Waals surface area contributed by atoms with Crippen LogP contribution in [0, 0.1) is 11.3 Å². The highest BCUT2D eigenvalue weighted by molar-refractivity contribution is 6.29. The summed E-state index contributed by atoms with van der Waals surface area (Å²) < 4.78 is 1.56. The molecule has 16 heavy (non-hydrogen) atoms. The number of hydrogen-bond acceptors (Lipinski definition) is 4. The predicted molar refractivity (Wildman–Crippen MR) is 58.8 cm³/mol. The summed E-state index contributed by atoms with van der Waals surface area (Å²) in [6.07, 6.45) is 6.41. The predicted octanol–water partition coefficient (Wildman–Crippen LogP) is 1.85. The number of allylic oxidation sites excluding steroid dienone is 1. The molecule has 5 nitrogen and oxygen atoms in total. The molecule has 2 aromatic rings. The first-order valence-electron chi connectivity index (χ1n) is 4.40. The Hall–Kier alpha value is -2.19. The van der Waals surface area contributed by atoms with E-state index in [0.29, 0.717) is 11.0 Å². The van der Waals surface area contributed by atoms with E-state index in [1.807, 2.05) is 6.07 Å². The van der Waals surface area contributed by atoms with Crippen molar-refractivity contribution in [1.82, 2.24) is 20.0 Å². The summed E-state index contributed by atoms with van der Waals surface area (Å²) in [6, 6.07) is 5.25. The molecule has 2 heterocycles. The lowest BCUT2D eigenvalue weighted by Crippen LogP contribution is -1.98. The zero-order valence-corrected chi connectivity index (χ0v) is 8.83. The van der Waals surface area contributed by atoms with Gasteiger partial charge in [0.2, 0.25) is 0 Å². The molecule has 0 aromatic carbocycles. The number of nitrogens with zero attached hydrogens (tertiary/aromatic N) is 5. The Balaban J connectivity index is 2.28. The smallest absolute Gasteiger partial charge is 0.175 e. The molecule has 2 aromatic heterocycles. The number of halogens is 1. The fourth-order valence-corrected chi connectivity index (χ4v) is 1.21. The van der Waals surface area contributed by atoms with Crippen molar-refractivity contribution in [3.63, 3.8) is 0 Å². The van der Waals surface area contributed by atoms with E-state index >= 15 is 0 Å². The van der Waals surface area contributed by atoms with E-state index in [1.54, 1.807) is 35.3 Å². The molecule has 6 heteroatoms. The van der Waals surface area contributed by atoms with Gasteiger partial charge in [-0.3, -0.25) is 0 Å². The van der Waals surface area contributed by atoms with Crippen LogP contribution >= 0.6 is 11.6 Å². The molecule has 0 radical (unpaired) electrons. The Bertz CT molecular complexity index is 549. The minimum atomic E-state index is 0.334. The molecule has 0 aliphatic rings. The first kappa shape index (κ1) is 10.3. The summed E-state index contributed by atoms with van der Waals surface area (Å²) in [5.74, 6) is 0.570.